The molecule has 0 aromatic heterocycles. The van der Waals surface area contributed by atoms with Gasteiger partial charge in [0.15, 0.2) is 0 Å². The van der Waals surface area contributed by atoms with E-state index in [0.717, 1.165) is 54.1 Å². The Morgan fingerprint density at radius 2 is 1.93 bits per heavy atom. The van der Waals surface area contributed by atoms with Crippen molar-refractivity contribution >= 4 is 29.3 Å². The number of ether oxygens (including phenoxy) is 1. The molecule has 1 saturated heterocycles. The molecule has 2 aromatic rings. The second kappa shape index (κ2) is 8.49. The molecule has 2 aliphatic rings. The summed E-state index contributed by atoms with van der Waals surface area (Å²) < 4.78 is 5.28. The van der Waals surface area contributed by atoms with Crippen LogP contribution in [0.5, 0.6) is 5.75 Å². The summed E-state index contributed by atoms with van der Waals surface area (Å²) in [6, 6.07) is 13.7. The number of nitrogens with zero attached hydrogens (tertiary/aromatic N) is 1. The number of amides is 2. The first kappa shape index (κ1) is 19.8. The van der Waals surface area contributed by atoms with Gasteiger partial charge in [-0.3, -0.25) is 9.59 Å². The van der Waals surface area contributed by atoms with E-state index in [0.29, 0.717) is 5.56 Å². The third-order valence-electron chi connectivity index (χ3n) is 5.67. The lowest BCUT2D eigenvalue weighted by Gasteiger charge is -2.31. The van der Waals surface area contributed by atoms with Crippen molar-refractivity contribution in [1.82, 2.24) is 4.90 Å². The molecule has 2 heterocycles. The van der Waals surface area contributed by atoms with E-state index in [1.54, 1.807) is 7.11 Å². The van der Waals surface area contributed by atoms with Crippen LogP contribution in [0.1, 0.15) is 54.6 Å². The number of hydrogen-bond donors (Lipinski definition) is 1. The maximum absolute atomic E-state index is 13.5. The Hall–Kier alpha value is -2.47. The third-order valence-corrected chi connectivity index (χ3v) is 6.85. The summed E-state index contributed by atoms with van der Waals surface area (Å²) in [5.41, 5.74) is 2.50. The van der Waals surface area contributed by atoms with Crippen molar-refractivity contribution in [1.29, 1.82) is 0 Å². The Bertz CT molecular complexity index is 913. The smallest absolute Gasteiger partial charge is 0.254 e. The van der Waals surface area contributed by atoms with Crippen LogP contribution in [0.15, 0.2) is 47.4 Å². The Morgan fingerprint density at radius 3 is 2.69 bits per heavy atom. The van der Waals surface area contributed by atoms with Crippen molar-refractivity contribution in [3.05, 3.63) is 53.6 Å². The maximum Gasteiger partial charge on any atom is 0.254 e. The Kier molecular flexibility index (Phi) is 5.81. The first-order chi connectivity index (χ1) is 14.1. The minimum absolute atomic E-state index is 0.0158. The van der Waals surface area contributed by atoms with Gasteiger partial charge in [-0.15, -0.1) is 11.8 Å². The van der Waals surface area contributed by atoms with Gasteiger partial charge in [0.05, 0.1) is 24.1 Å². The molecule has 0 bridgehead atoms. The van der Waals surface area contributed by atoms with Crippen molar-refractivity contribution in [2.24, 2.45) is 0 Å². The highest BCUT2D eigenvalue weighted by Crippen LogP contribution is 2.37. The zero-order chi connectivity index (χ0) is 20.4. The fourth-order valence-corrected chi connectivity index (χ4v) is 4.96. The van der Waals surface area contributed by atoms with Crippen LogP contribution in [0.4, 0.5) is 5.69 Å². The SMILES string of the molecule is COc1ccc([C@H]2CCCCCN2C(=O)c2ccc3c(c2)NC(=O)[C@@H](C)S3)cc1. The lowest BCUT2D eigenvalue weighted by molar-refractivity contribution is -0.115. The van der Waals surface area contributed by atoms with E-state index in [-0.39, 0.29) is 23.1 Å². The van der Waals surface area contributed by atoms with Crippen LogP contribution >= 0.6 is 11.8 Å². The number of likely N-dealkylation sites (tertiary alicyclic amines) is 1. The van der Waals surface area contributed by atoms with Crippen LogP contribution in [0.3, 0.4) is 0 Å². The van der Waals surface area contributed by atoms with Crippen LogP contribution < -0.4 is 10.1 Å². The van der Waals surface area contributed by atoms with Crippen LogP contribution in [0.2, 0.25) is 0 Å². The molecule has 4 rings (SSSR count). The predicted molar refractivity (Wildman–Crippen MR) is 116 cm³/mol. The van der Waals surface area contributed by atoms with Gasteiger partial charge in [0.25, 0.3) is 5.91 Å². The molecular formula is C23H26N2O3S. The van der Waals surface area contributed by atoms with Crippen LogP contribution in [-0.2, 0) is 4.79 Å². The number of methoxy groups -OCH3 is 1. The molecule has 0 saturated carbocycles. The zero-order valence-corrected chi connectivity index (χ0v) is 17.6. The van der Waals surface area contributed by atoms with Gasteiger partial charge in [0.1, 0.15) is 5.75 Å². The topological polar surface area (TPSA) is 58.6 Å². The van der Waals surface area contributed by atoms with Crippen LogP contribution in [0, 0.1) is 0 Å². The number of carbonyl (C=O) groups is 2. The molecule has 0 spiro atoms. The first-order valence-corrected chi connectivity index (χ1v) is 11.0. The number of thioether (sulfide) groups is 1. The molecule has 1 N–H and O–H groups in total. The Labute approximate surface area is 175 Å². The van der Waals surface area contributed by atoms with Crippen molar-refractivity contribution < 1.29 is 14.3 Å². The number of benzene rings is 2. The highest BCUT2D eigenvalue weighted by molar-refractivity contribution is 8.00. The van der Waals surface area contributed by atoms with Crippen molar-refractivity contribution in [3.8, 4) is 5.75 Å². The number of carbonyl (C=O) groups excluding carboxylic acids is 2. The molecule has 152 valence electrons. The van der Waals surface area contributed by atoms with Gasteiger partial charge in [0, 0.05) is 17.0 Å². The molecule has 1 fully saturated rings. The van der Waals surface area contributed by atoms with E-state index in [1.807, 2.05) is 42.2 Å². The van der Waals surface area contributed by atoms with Crippen LogP contribution in [-0.4, -0.2) is 35.6 Å². The van der Waals surface area contributed by atoms with Gasteiger partial charge in [0.2, 0.25) is 5.91 Å². The molecule has 6 heteroatoms. The third kappa shape index (κ3) is 4.13. The fraction of sp³-hybridized carbons (Fsp3) is 0.391. The second-order valence-electron chi connectivity index (χ2n) is 7.60. The first-order valence-electron chi connectivity index (χ1n) is 10.1. The molecule has 2 aliphatic heterocycles. The minimum Gasteiger partial charge on any atom is -0.497 e. The minimum atomic E-state index is -0.117. The quantitative estimate of drug-likeness (QED) is 0.783. The number of anilines is 1. The number of hydrogen-bond acceptors (Lipinski definition) is 4. The summed E-state index contributed by atoms with van der Waals surface area (Å²) in [7, 11) is 1.66. The van der Waals surface area contributed by atoms with E-state index >= 15 is 0 Å². The Morgan fingerprint density at radius 1 is 1.14 bits per heavy atom. The molecule has 0 unspecified atom stereocenters. The van der Waals surface area contributed by atoms with Crippen molar-refractivity contribution in [3.63, 3.8) is 0 Å². The molecule has 2 amide bonds. The summed E-state index contributed by atoms with van der Waals surface area (Å²) in [4.78, 5) is 28.5. The summed E-state index contributed by atoms with van der Waals surface area (Å²) in [6.07, 6.45) is 4.20. The normalized spacial score (nSPS) is 21.7. The van der Waals surface area contributed by atoms with E-state index in [9.17, 15) is 9.59 Å². The molecule has 0 aliphatic carbocycles. The zero-order valence-electron chi connectivity index (χ0n) is 16.8. The van der Waals surface area contributed by atoms with Gasteiger partial charge in [-0.1, -0.05) is 25.0 Å². The molecule has 5 nitrogen and oxygen atoms in total. The van der Waals surface area contributed by atoms with E-state index in [2.05, 4.69) is 17.4 Å². The monoisotopic (exact) mass is 410 g/mol. The summed E-state index contributed by atoms with van der Waals surface area (Å²) >= 11 is 1.53. The molecular weight excluding hydrogens is 384 g/mol. The highest BCUT2D eigenvalue weighted by atomic mass is 32.2. The summed E-state index contributed by atoms with van der Waals surface area (Å²) in [6.45, 7) is 2.63. The van der Waals surface area contributed by atoms with E-state index < -0.39 is 0 Å². The van der Waals surface area contributed by atoms with Gasteiger partial charge >= 0.3 is 0 Å². The van der Waals surface area contributed by atoms with Gasteiger partial charge in [-0.25, -0.2) is 0 Å². The number of nitrogens with one attached hydrogen (secondary N) is 1. The average molecular weight is 411 g/mol. The maximum atomic E-state index is 13.5. The van der Waals surface area contributed by atoms with Gasteiger partial charge in [-0.2, -0.15) is 0 Å². The molecule has 2 atom stereocenters. The molecule has 2 aromatic carbocycles. The summed E-state index contributed by atoms with van der Waals surface area (Å²) in [5, 5.41) is 2.81. The fourth-order valence-electron chi connectivity index (χ4n) is 4.03. The highest BCUT2D eigenvalue weighted by Gasteiger charge is 2.29. The van der Waals surface area contributed by atoms with E-state index in [4.69, 9.17) is 4.74 Å². The lowest BCUT2D eigenvalue weighted by Crippen LogP contribution is -2.35. The standard InChI is InChI=1S/C23H26N2O3S/c1-15-22(26)24-19-14-17(9-12-21(19)29-15)23(27)25-13-5-3-4-6-20(25)16-7-10-18(28-2)11-8-16/h7-12,14-15,20H,3-6,13H2,1-2H3,(H,24,26)/t15-,20-/m1/s1. The predicted octanol–water partition coefficient (Wildman–Crippen LogP) is 4.89. The van der Waals surface area contributed by atoms with Crippen molar-refractivity contribution in [2.45, 2.75) is 48.8 Å². The van der Waals surface area contributed by atoms with Gasteiger partial charge in [-0.05, 0) is 55.7 Å². The van der Waals surface area contributed by atoms with Crippen molar-refractivity contribution in [2.75, 3.05) is 19.0 Å². The van der Waals surface area contributed by atoms with E-state index in [1.165, 1.54) is 11.8 Å². The van der Waals surface area contributed by atoms with Gasteiger partial charge < -0.3 is 15.0 Å². The Balaban J connectivity index is 1.62. The largest absolute Gasteiger partial charge is 0.497 e. The van der Waals surface area contributed by atoms with Crippen LogP contribution in [0.25, 0.3) is 0 Å². The summed E-state index contributed by atoms with van der Waals surface area (Å²) in [5.74, 6) is 0.823. The number of rotatable bonds is 3. The molecule has 29 heavy (non-hydrogen) atoms. The second-order valence-corrected chi connectivity index (χ2v) is 8.98. The average Bonchev–Trinajstić information content (AvgIpc) is 3.00. The lowest BCUT2D eigenvalue weighted by atomic mass is 9.99. The molecule has 0 radical (unpaired) electrons. The number of fused-ring (bicyclic) bond motifs is 1.